The normalized spacial score (nSPS) is 16.1. The molecule has 0 radical (unpaired) electrons. The number of amides is 1. The summed E-state index contributed by atoms with van der Waals surface area (Å²) in [5.74, 6) is 0.0715. The zero-order chi connectivity index (χ0) is 22.8. The molecule has 0 saturated carbocycles. The van der Waals surface area contributed by atoms with Gasteiger partial charge >= 0.3 is 0 Å². The third-order valence-corrected chi connectivity index (χ3v) is 7.25. The minimum absolute atomic E-state index is 0.0715. The maximum Gasteiger partial charge on any atom is 0.220 e. The van der Waals surface area contributed by atoms with Gasteiger partial charge in [-0.15, -0.1) is 5.10 Å². The molecule has 174 valence electrons. The Kier molecular flexibility index (Phi) is 10.5. The van der Waals surface area contributed by atoms with E-state index in [0.717, 1.165) is 31.4 Å². The number of aliphatic hydroxyl groups is 1. The fourth-order valence-electron chi connectivity index (χ4n) is 3.90. The van der Waals surface area contributed by atoms with Crippen LogP contribution >= 0.6 is 0 Å². The van der Waals surface area contributed by atoms with Gasteiger partial charge in [-0.1, -0.05) is 72.4 Å². The van der Waals surface area contributed by atoms with Crippen molar-refractivity contribution in [2.45, 2.75) is 130 Å². The molecule has 0 saturated heterocycles. The zero-order valence-electron chi connectivity index (χ0n) is 20.6. The smallest absolute Gasteiger partial charge is 0.220 e. The summed E-state index contributed by atoms with van der Waals surface area (Å²) < 4.78 is 1.78. The van der Waals surface area contributed by atoms with Gasteiger partial charge in [0.25, 0.3) is 0 Å². The molecule has 0 aromatic carbocycles. The molecule has 2 N–H and O–H groups in total. The van der Waals surface area contributed by atoms with Crippen molar-refractivity contribution in [2.75, 3.05) is 0 Å². The van der Waals surface area contributed by atoms with Crippen LogP contribution in [-0.4, -0.2) is 37.1 Å². The average molecular weight is 423 g/mol. The van der Waals surface area contributed by atoms with Crippen molar-refractivity contribution in [1.29, 1.82) is 0 Å². The quantitative estimate of drug-likeness (QED) is 0.388. The van der Waals surface area contributed by atoms with Gasteiger partial charge < -0.3 is 10.4 Å². The summed E-state index contributed by atoms with van der Waals surface area (Å²) in [5.41, 5.74) is -0.351. The first-order valence-corrected chi connectivity index (χ1v) is 12.0. The van der Waals surface area contributed by atoms with E-state index in [4.69, 9.17) is 0 Å². The van der Waals surface area contributed by atoms with Crippen molar-refractivity contribution in [3.05, 3.63) is 11.9 Å². The fraction of sp³-hybridized carbons (Fsp3) is 0.875. The first kappa shape index (κ1) is 26.6. The SMILES string of the molecule is CCCCCCC(C)(CC)NC(=O)CCc1cnnn1C[C@](O)(CC)C(C)(C)CC. The standard InChI is InChI=1S/C24H46N4O2/c1-8-12-13-14-17-23(7,10-3)26-21(29)16-15-20-18-25-27-28(20)19-24(30,11-4)22(5,6)9-2/h18,30H,8-17,19H2,1-7H3,(H,26,29)/t23?,24-/m1/s1. The van der Waals surface area contributed by atoms with Crippen LogP contribution in [0.15, 0.2) is 6.20 Å². The minimum atomic E-state index is -0.869. The third-order valence-electron chi connectivity index (χ3n) is 7.25. The van der Waals surface area contributed by atoms with Gasteiger partial charge in [0.15, 0.2) is 0 Å². The van der Waals surface area contributed by atoms with Crippen LogP contribution in [0.5, 0.6) is 0 Å². The third kappa shape index (κ3) is 7.36. The molecule has 1 unspecified atom stereocenters. The van der Waals surface area contributed by atoms with Crippen LogP contribution in [0.2, 0.25) is 0 Å². The Labute approximate surface area is 184 Å². The molecule has 1 aromatic heterocycles. The second-order valence-electron chi connectivity index (χ2n) is 9.78. The van der Waals surface area contributed by atoms with E-state index in [9.17, 15) is 9.90 Å². The van der Waals surface area contributed by atoms with Gasteiger partial charge in [0, 0.05) is 12.0 Å². The van der Waals surface area contributed by atoms with Crippen molar-refractivity contribution in [2.24, 2.45) is 5.41 Å². The van der Waals surface area contributed by atoms with Crippen LogP contribution in [0.1, 0.15) is 112 Å². The Balaban J connectivity index is 2.69. The van der Waals surface area contributed by atoms with Gasteiger partial charge in [-0.2, -0.15) is 0 Å². The first-order chi connectivity index (χ1) is 14.1. The van der Waals surface area contributed by atoms with Crippen molar-refractivity contribution >= 4 is 5.91 Å². The Morgan fingerprint density at radius 1 is 1.07 bits per heavy atom. The monoisotopic (exact) mass is 422 g/mol. The summed E-state index contributed by atoms with van der Waals surface area (Å²) >= 11 is 0. The number of nitrogens with zero attached hydrogens (tertiary/aromatic N) is 3. The van der Waals surface area contributed by atoms with Crippen LogP contribution in [0.3, 0.4) is 0 Å². The number of aryl methyl sites for hydroxylation is 1. The molecule has 1 amide bonds. The Bertz CT molecular complexity index is 643. The number of rotatable bonds is 15. The van der Waals surface area contributed by atoms with Gasteiger partial charge in [0.2, 0.25) is 5.91 Å². The summed E-state index contributed by atoms with van der Waals surface area (Å²) in [6, 6.07) is 0. The number of hydrogen-bond donors (Lipinski definition) is 2. The summed E-state index contributed by atoms with van der Waals surface area (Å²) in [5, 5.41) is 22.8. The topological polar surface area (TPSA) is 80.0 Å². The highest BCUT2D eigenvalue weighted by atomic mass is 16.3. The van der Waals surface area contributed by atoms with Gasteiger partial charge in [-0.3, -0.25) is 4.79 Å². The largest absolute Gasteiger partial charge is 0.387 e. The van der Waals surface area contributed by atoms with E-state index < -0.39 is 5.60 Å². The van der Waals surface area contributed by atoms with Gasteiger partial charge in [-0.25, -0.2) is 4.68 Å². The Hall–Kier alpha value is -1.43. The second kappa shape index (κ2) is 11.8. The van der Waals surface area contributed by atoms with E-state index in [-0.39, 0.29) is 16.9 Å². The average Bonchev–Trinajstić information content (AvgIpc) is 3.16. The van der Waals surface area contributed by atoms with Crippen LogP contribution < -0.4 is 5.32 Å². The molecule has 6 heteroatoms. The maximum atomic E-state index is 12.6. The Morgan fingerprint density at radius 2 is 1.77 bits per heavy atom. The number of carbonyl (C=O) groups excluding carboxylic acids is 1. The molecular formula is C24H46N4O2. The molecule has 0 bridgehead atoms. The van der Waals surface area contributed by atoms with Crippen LogP contribution in [0, 0.1) is 5.41 Å². The van der Waals surface area contributed by atoms with E-state index in [0.29, 0.717) is 25.8 Å². The summed E-state index contributed by atoms with van der Waals surface area (Å²) in [4.78, 5) is 12.6. The van der Waals surface area contributed by atoms with Gasteiger partial charge in [0.1, 0.15) is 0 Å². The second-order valence-corrected chi connectivity index (χ2v) is 9.78. The molecular weight excluding hydrogens is 376 g/mol. The molecule has 1 heterocycles. The number of carbonyl (C=O) groups is 1. The fourth-order valence-corrected chi connectivity index (χ4v) is 3.90. The van der Waals surface area contributed by atoms with E-state index in [1.165, 1.54) is 19.3 Å². The van der Waals surface area contributed by atoms with E-state index in [1.54, 1.807) is 10.9 Å². The van der Waals surface area contributed by atoms with Crippen LogP contribution in [0.4, 0.5) is 0 Å². The summed E-state index contributed by atoms with van der Waals surface area (Å²) in [7, 11) is 0. The lowest BCUT2D eigenvalue weighted by molar-refractivity contribution is -0.123. The molecule has 0 aliphatic carbocycles. The molecule has 0 fully saturated rings. The van der Waals surface area contributed by atoms with E-state index >= 15 is 0 Å². The highest BCUT2D eigenvalue weighted by molar-refractivity contribution is 5.76. The van der Waals surface area contributed by atoms with Gasteiger partial charge in [0.05, 0.1) is 24.0 Å². The predicted molar refractivity (Wildman–Crippen MR) is 123 cm³/mol. The van der Waals surface area contributed by atoms with E-state index in [1.807, 2.05) is 6.92 Å². The van der Waals surface area contributed by atoms with Crippen LogP contribution in [0.25, 0.3) is 0 Å². The van der Waals surface area contributed by atoms with Gasteiger partial charge in [-0.05, 0) is 44.4 Å². The molecule has 2 atom stereocenters. The molecule has 30 heavy (non-hydrogen) atoms. The highest BCUT2D eigenvalue weighted by Gasteiger charge is 2.41. The molecule has 6 nitrogen and oxygen atoms in total. The zero-order valence-corrected chi connectivity index (χ0v) is 20.6. The number of hydrogen-bond acceptors (Lipinski definition) is 4. The summed E-state index contributed by atoms with van der Waals surface area (Å²) in [6.07, 6.45) is 11.0. The molecule has 0 spiro atoms. The maximum absolute atomic E-state index is 12.6. The minimum Gasteiger partial charge on any atom is -0.387 e. The number of aromatic nitrogens is 3. The lowest BCUT2D eigenvalue weighted by Crippen LogP contribution is -2.48. The first-order valence-electron chi connectivity index (χ1n) is 12.0. The Morgan fingerprint density at radius 3 is 2.33 bits per heavy atom. The number of unbranched alkanes of at least 4 members (excludes halogenated alkanes) is 3. The highest BCUT2D eigenvalue weighted by Crippen LogP contribution is 2.38. The molecule has 1 rings (SSSR count). The lowest BCUT2D eigenvalue weighted by Gasteiger charge is -2.42. The van der Waals surface area contributed by atoms with Crippen molar-refractivity contribution in [3.8, 4) is 0 Å². The molecule has 0 aliphatic rings. The number of nitrogens with one attached hydrogen (secondary N) is 1. The van der Waals surface area contributed by atoms with Crippen molar-refractivity contribution < 1.29 is 9.90 Å². The predicted octanol–water partition coefficient (Wildman–Crippen LogP) is 5.04. The van der Waals surface area contributed by atoms with Crippen molar-refractivity contribution in [3.63, 3.8) is 0 Å². The molecule has 0 aliphatic heterocycles. The van der Waals surface area contributed by atoms with Crippen molar-refractivity contribution in [1.82, 2.24) is 20.3 Å². The van der Waals surface area contributed by atoms with E-state index in [2.05, 4.69) is 57.2 Å². The lowest BCUT2D eigenvalue weighted by atomic mass is 9.71. The summed E-state index contributed by atoms with van der Waals surface area (Å²) in [6.45, 7) is 15.2. The van der Waals surface area contributed by atoms with Crippen LogP contribution in [-0.2, 0) is 17.8 Å². The molecule has 1 aromatic rings.